The number of nitrogens with two attached hydrogens (primary N) is 1. The van der Waals surface area contributed by atoms with E-state index in [1.165, 1.54) is 16.2 Å². The minimum atomic E-state index is -3.10. The van der Waals surface area contributed by atoms with Crippen molar-refractivity contribution < 1.29 is 18.0 Å². The van der Waals surface area contributed by atoms with Crippen LogP contribution in [0.2, 0.25) is 0 Å². The Balaban J connectivity index is 1.52. The molecule has 2 amide bonds. The first-order valence-corrected chi connectivity index (χ1v) is 14.0. The van der Waals surface area contributed by atoms with E-state index in [-0.39, 0.29) is 42.7 Å². The summed E-state index contributed by atoms with van der Waals surface area (Å²) in [5.41, 5.74) is 10.5. The number of hydrogen-bond donors (Lipinski definition) is 2. The van der Waals surface area contributed by atoms with Crippen molar-refractivity contribution in [3.8, 4) is 11.3 Å². The number of rotatable bonds is 6. The summed E-state index contributed by atoms with van der Waals surface area (Å²) >= 11 is 1.36. The van der Waals surface area contributed by atoms with E-state index in [1.807, 2.05) is 49.6 Å². The number of benzene rings is 2. The van der Waals surface area contributed by atoms with Gasteiger partial charge in [-0.2, -0.15) is 0 Å². The van der Waals surface area contributed by atoms with E-state index >= 15 is 0 Å². The zero-order valence-corrected chi connectivity index (χ0v) is 21.3. The van der Waals surface area contributed by atoms with Gasteiger partial charge in [-0.15, -0.1) is 11.3 Å². The number of nitrogens with zero attached hydrogens (tertiary/aromatic N) is 2. The highest BCUT2D eigenvalue weighted by Gasteiger charge is 2.33. The van der Waals surface area contributed by atoms with E-state index in [4.69, 9.17) is 5.73 Å². The van der Waals surface area contributed by atoms with Gasteiger partial charge in [-0.05, 0) is 56.0 Å². The number of nitrogens with one attached hydrogen (secondary N) is 1. The minimum absolute atomic E-state index is 0.00672. The van der Waals surface area contributed by atoms with Gasteiger partial charge in [0.05, 0.1) is 17.2 Å². The highest BCUT2D eigenvalue weighted by atomic mass is 32.2. The smallest absolute Gasteiger partial charge is 0.244 e. The summed E-state index contributed by atoms with van der Waals surface area (Å²) in [6.07, 6.45) is 0.541. The first-order chi connectivity index (χ1) is 16.6. The number of hydrogen-bond acceptors (Lipinski definition) is 7. The summed E-state index contributed by atoms with van der Waals surface area (Å²) in [6.45, 7) is 3.70. The summed E-state index contributed by atoms with van der Waals surface area (Å²) < 4.78 is 23.7. The SMILES string of the molecule is Cc1cccc(N(CC(=O)Nc2ccc(-c3csc(N)n3)cc2)C(=O)C2CCS(=O)(=O)CC2)c1C. The van der Waals surface area contributed by atoms with Crippen molar-refractivity contribution in [2.45, 2.75) is 26.7 Å². The average Bonchev–Trinajstić information content (AvgIpc) is 3.26. The lowest BCUT2D eigenvalue weighted by atomic mass is 9.99. The molecule has 2 aromatic carbocycles. The predicted molar refractivity (Wildman–Crippen MR) is 140 cm³/mol. The normalized spacial score (nSPS) is 15.5. The number of nitrogen functional groups attached to an aromatic ring is 1. The quantitative estimate of drug-likeness (QED) is 0.518. The number of aryl methyl sites for hydroxylation is 1. The first-order valence-electron chi connectivity index (χ1n) is 11.3. The molecule has 0 bridgehead atoms. The molecule has 8 nitrogen and oxygen atoms in total. The summed E-state index contributed by atoms with van der Waals surface area (Å²) in [5, 5.41) is 5.22. The fourth-order valence-corrected chi connectivity index (χ4v) is 6.22. The Morgan fingerprint density at radius 3 is 2.43 bits per heavy atom. The molecule has 0 aliphatic carbocycles. The van der Waals surface area contributed by atoms with Crippen LogP contribution in [-0.4, -0.2) is 43.3 Å². The first kappa shape index (κ1) is 24.9. The molecular formula is C25H28N4O4S2. The second kappa shape index (κ2) is 10.2. The van der Waals surface area contributed by atoms with Crippen LogP contribution in [0, 0.1) is 19.8 Å². The van der Waals surface area contributed by atoms with E-state index in [9.17, 15) is 18.0 Å². The van der Waals surface area contributed by atoms with E-state index in [2.05, 4.69) is 10.3 Å². The Hall–Kier alpha value is -3.24. The Morgan fingerprint density at radius 1 is 1.11 bits per heavy atom. The van der Waals surface area contributed by atoms with Crippen molar-refractivity contribution in [1.29, 1.82) is 0 Å². The van der Waals surface area contributed by atoms with Gasteiger partial charge in [-0.3, -0.25) is 9.59 Å². The molecule has 3 aromatic rings. The van der Waals surface area contributed by atoms with Crippen molar-refractivity contribution in [3.63, 3.8) is 0 Å². The molecule has 0 unspecified atom stereocenters. The molecule has 3 N–H and O–H groups in total. The standard InChI is InChI=1S/C25H28N4O4S2/c1-16-4-3-5-22(17(16)2)29(24(31)19-10-12-35(32,33)13-11-19)14-23(30)27-20-8-6-18(7-9-20)21-15-34-25(26)28-21/h3-9,15,19H,10-14H2,1-2H3,(H2,26,28)(H,27,30). The van der Waals surface area contributed by atoms with E-state index in [0.717, 1.165) is 22.4 Å². The number of anilines is 3. The van der Waals surface area contributed by atoms with Crippen LogP contribution in [0.15, 0.2) is 47.8 Å². The van der Waals surface area contributed by atoms with Gasteiger partial charge in [0, 0.05) is 28.2 Å². The van der Waals surface area contributed by atoms with Crippen LogP contribution in [0.25, 0.3) is 11.3 Å². The van der Waals surface area contributed by atoms with Gasteiger partial charge in [0.15, 0.2) is 5.13 Å². The summed E-state index contributed by atoms with van der Waals surface area (Å²) in [4.78, 5) is 32.3. The van der Waals surface area contributed by atoms with Gasteiger partial charge < -0.3 is 16.0 Å². The van der Waals surface area contributed by atoms with Crippen molar-refractivity contribution >= 4 is 49.5 Å². The lowest BCUT2D eigenvalue weighted by molar-refractivity contribution is -0.124. The molecule has 1 aliphatic heterocycles. The van der Waals surface area contributed by atoms with Gasteiger partial charge in [0.1, 0.15) is 16.4 Å². The van der Waals surface area contributed by atoms with Crippen LogP contribution >= 0.6 is 11.3 Å². The molecule has 10 heteroatoms. The van der Waals surface area contributed by atoms with Gasteiger partial charge in [0.25, 0.3) is 0 Å². The lowest BCUT2D eigenvalue weighted by Gasteiger charge is -2.30. The summed E-state index contributed by atoms with van der Waals surface area (Å²) in [5.74, 6) is -1.01. The van der Waals surface area contributed by atoms with E-state index in [1.54, 1.807) is 12.1 Å². The van der Waals surface area contributed by atoms with Crippen molar-refractivity contribution in [1.82, 2.24) is 4.98 Å². The van der Waals surface area contributed by atoms with Crippen molar-refractivity contribution in [2.75, 3.05) is 34.0 Å². The maximum atomic E-state index is 13.5. The van der Waals surface area contributed by atoms with Gasteiger partial charge in [0.2, 0.25) is 11.8 Å². The molecule has 2 heterocycles. The van der Waals surface area contributed by atoms with Gasteiger partial charge in [-0.25, -0.2) is 13.4 Å². The largest absolute Gasteiger partial charge is 0.375 e. The Morgan fingerprint density at radius 2 is 1.80 bits per heavy atom. The second-order valence-corrected chi connectivity index (χ2v) is 12.0. The number of amides is 2. The van der Waals surface area contributed by atoms with Crippen LogP contribution in [0.1, 0.15) is 24.0 Å². The van der Waals surface area contributed by atoms with Gasteiger partial charge in [-0.1, -0.05) is 24.3 Å². The molecule has 1 saturated heterocycles. The second-order valence-electron chi connectivity index (χ2n) is 8.77. The van der Waals surface area contributed by atoms with Crippen molar-refractivity contribution in [3.05, 3.63) is 59.0 Å². The molecule has 0 saturated carbocycles. The van der Waals surface area contributed by atoms with Crippen LogP contribution in [0.3, 0.4) is 0 Å². The molecule has 1 aliphatic rings. The molecule has 35 heavy (non-hydrogen) atoms. The van der Waals surface area contributed by atoms with Crippen LogP contribution in [-0.2, 0) is 19.4 Å². The number of aromatic nitrogens is 1. The third kappa shape index (κ3) is 5.88. The monoisotopic (exact) mass is 512 g/mol. The Bertz CT molecular complexity index is 1340. The third-order valence-electron chi connectivity index (χ3n) is 6.32. The minimum Gasteiger partial charge on any atom is -0.375 e. The fraction of sp³-hybridized carbons (Fsp3) is 0.320. The lowest BCUT2D eigenvalue weighted by Crippen LogP contribution is -2.44. The predicted octanol–water partition coefficient (Wildman–Crippen LogP) is 3.81. The van der Waals surface area contributed by atoms with E-state index in [0.29, 0.717) is 16.5 Å². The number of carbonyl (C=O) groups excluding carboxylic acids is 2. The Kier molecular flexibility index (Phi) is 7.23. The fourth-order valence-electron chi connectivity index (χ4n) is 4.16. The number of sulfone groups is 1. The van der Waals surface area contributed by atoms with Gasteiger partial charge >= 0.3 is 0 Å². The zero-order chi connectivity index (χ0) is 25.2. The molecule has 1 fully saturated rings. The molecule has 0 radical (unpaired) electrons. The maximum absolute atomic E-state index is 13.5. The average molecular weight is 513 g/mol. The number of carbonyl (C=O) groups is 2. The third-order valence-corrected chi connectivity index (χ3v) is 8.71. The molecule has 184 valence electrons. The Labute approximate surface area is 209 Å². The highest BCUT2D eigenvalue weighted by Crippen LogP contribution is 2.29. The van der Waals surface area contributed by atoms with E-state index < -0.39 is 15.8 Å². The molecular weight excluding hydrogens is 484 g/mol. The van der Waals surface area contributed by atoms with Crippen LogP contribution in [0.5, 0.6) is 0 Å². The number of thiazole rings is 1. The highest BCUT2D eigenvalue weighted by molar-refractivity contribution is 7.91. The molecule has 1 aromatic heterocycles. The maximum Gasteiger partial charge on any atom is 0.244 e. The van der Waals surface area contributed by atoms with Crippen LogP contribution in [0.4, 0.5) is 16.5 Å². The summed E-state index contributed by atoms with van der Waals surface area (Å²) in [6, 6.07) is 12.9. The van der Waals surface area contributed by atoms with Crippen molar-refractivity contribution in [2.24, 2.45) is 5.92 Å². The topological polar surface area (TPSA) is 122 Å². The van der Waals surface area contributed by atoms with Crippen LogP contribution < -0.4 is 16.0 Å². The molecule has 0 atom stereocenters. The summed E-state index contributed by atoms with van der Waals surface area (Å²) in [7, 11) is -3.10. The molecule has 0 spiro atoms. The molecule has 4 rings (SSSR count). The zero-order valence-electron chi connectivity index (χ0n) is 19.7.